The van der Waals surface area contributed by atoms with Gasteiger partial charge in [-0.2, -0.15) is 0 Å². The lowest BCUT2D eigenvalue weighted by atomic mass is 10.1. The first-order valence-corrected chi connectivity index (χ1v) is 10.6. The van der Waals surface area contributed by atoms with Crippen molar-refractivity contribution in [2.75, 3.05) is 11.4 Å². The van der Waals surface area contributed by atoms with Crippen LogP contribution < -0.4 is 4.31 Å². The molecule has 3 rings (SSSR count). The Labute approximate surface area is 161 Å². The number of amides is 1. The highest BCUT2D eigenvalue weighted by atomic mass is 32.2. The maximum Gasteiger partial charge on any atom is 0.264 e. The van der Waals surface area contributed by atoms with E-state index in [0.717, 1.165) is 18.4 Å². The quantitative estimate of drug-likeness (QED) is 0.758. The van der Waals surface area contributed by atoms with E-state index in [-0.39, 0.29) is 22.9 Å². The normalized spacial score (nSPS) is 14.3. The standard InChI is InChI=1S/C21H26N2O3S/c1-15(2)23(19-12-13-19)21(24)17-6-5-7-20(14-17)27(25,26)22(4)18-10-8-16(3)9-11-18/h5-11,14-15,19H,12-13H2,1-4H3. The minimum Gasteiger partial charge on any atom is -0.333 e. The molecule has 0 bridgehead atoms. The van der Waals surface area contributed by atoms with Crippen LogP contribution in [0.2, 0.25) is 0 Å². The molecule has 1 fully saturated rings. The average molecular weight is 387 g/mol. The zero-order chi connectivity index (χ0) is 19.8. The number of benzene rings is 2. The van der Waals surface area contributed by atoms with E-state index in [1.807, 2.05) is 37.8 Å². The van der Waals surface area contributed by atoms with Crippen molar-refractivity contribution in [1.82, 2.24) is 4.90 Å². The van der Waals surface area contributed by atoms with Crippen LogP contribution in [0.1, 0.15) is 42.6 Å². The van der Waals surface area contributed by atoms with E-state index in [0.29, 0.717) is 11.3 Å². The van der Waals surface area contributed by atoms with Gasteiger partial charge >= 0.3 is 0 Å². The third-order valence-corrected chi connectivity index (χ3v) is 6.65. The summed E-state index contributed by atoms with van der Waals surface area (Å²) in [6, 6.07) is 14.0. The number of carbonyl (C=O) groups excluding carboxylic acids is 1. The molecule has 0 radical (unpaired) electrons. The number of rotatable bonds is 6. The largest absolute Gasteiger partial charge is 0.333 e. The van der Waals surface area contributed by atoms with Gasteiger partial charge in [0.2, 0.25) is 0 Å². The van der Waals surface area contributed by atoms with Crippen molar-refractivity contribution < 1.29 is 13.2 Å². The first-order chi connectivity index (χ1) is 12.7. The van der Waals surface area contributed by atoms with Gasteiger partial charge in [0.15, 0.2) is 0 Å². The molecule has 0 N–H and O–H groups in total. The number of nitrogens with zero attached hydrogens (tertiary/aromatic N) is 2. The molecule has 0 spiro atoms. The Kier molecular flexibility index (Phi) is 5.29. The zero-order valence-corrected chi connectivity index (χ0v) is 17.0. The predicted octanol–water partition coefficient (Wildman–Crippen LogP) is 3.83. The molecule has 1 amide bonds. The van der Waals surface area contributed by atoms with Crippen LogP contribution in [0.3, 0.4) is 0 Å². The smallest absolute Gasteiger partial charge is 0.264 e. The van der Waals surface area contributed by atoms with Crippen molar-refractivity contribution in [1.29, 1.82) is 0 Å². The molecular formula is C21H26N2O3S. The van der Waals surface area contributed by atoms with Crippen LogP contribution in [0.4, 0.5) is 5.69 Å². The summed E-state index contributed by atoms with van der Waals surface area (Å²) >= 11 is 0. The molecule has 0 saturated heterocycles. The van der Waals surface area contributed by atoms with E-state index in [4.69, 9.17) is 0 Å². The minimum atomic E-state index is -3.75. The Bertz CT molecular complexity index is 930. The van der Waals surface area contributed by atoms with Crippen LogP contribution in [0.5, 0.6) is 0 Å². The molecule has 144 valence electrons. The molecule has 1 aliphatic rings. The minimum absolute atomic E-state index is 0.0838. The van der Waals surface area contributed by atoms with E-state index in [1.165, 1.54) is 23.5 Å². The van der Waals surface area contributed by atoms with Gasteiger partial charge in [-0.25, -0.2) is 8.42 Å². The average Bonchev–Trinajstić information content (AvgIpc) is 3.46. The molecule has 2 aromatic rings. The number of sulfonamides is 1. The molecule has 27 heavy (non-hydrogen) atoms. The molecule has 1 aliphatic carbocycles. The van der Waals surface area contributed by atoms with E-state index in [1.54, 1.807) is 24.3 Å². The zero-order valence-electron chi connectivity index (χ0n) is 16.2. The maximum atomic E-state index is 13.0. The molecule has 6 heteroatoms. The van der Waals surface area contributed by atoms with Crippen LogP contribution >= 0.6 is 0 Å². The summed E-state index contributed by atoms with van der Waals surface area (Å²) in [5.74, 6) is -0.109. The third-order valence-electron chi connectivity index (χ3n) is 4.87. The van der Waals surface area contributed by atoms with Crippen LogP contribution in [-0.4, -0.2) is 38.4 Å². The number of carbonyl (C=O) groups is 1. The van der Waals surface area contributed by atoms with Gasteiger partial charge in [-0.15, -0.1) is 0 Å². The highest BCUT2D eigenvalue weighted by Gasteiger charge is 2.35. The lowest BCUT2D eigenvalue weighted by Gasteiger charge is -2.27. The summed E-state index contributed by atoms with van der Waals surface area (Å²) in [4.78, 5) is 14.9. The van der Waals surface area contributed by atoms with Crippen molar-refractivity contribution in [3.8, 4) is 0 Å². The first kappa shape index (κ1) is 19.4. The number of aryl methyl sites for hydroxylation is 1. The highest BCUT2D eigenvalue weighted by Crippen LogP contribution is 2.31. The topological polar surface area (TPSA) is 57.7 Å². The lowest BCUT2D eigenvalue weighted by molar-refractivity contribution is 0.0690. The van der Waals surface area contributed by atoms with E-state index in [9.17, 15) is 13.2 Å². The van der Waals surface area contributed by atoms with Gasteiger partial charge in [-0.3, -0.25) is 9.10 Å². The van der Waals surface area contributed by atoms with Crippen molar-refractivity contribution in [3.05, 3.63) is 59.7 Å². The molecular weight excluding hydrogens is 360 g/mol. The molecule has 5 nitrogen and oxygen atoms in total. The first-order valence-electron chi connectivity index (χ1n) is 9.20. The Balaban J connectivity index is 1.92. The van der Waals surface area contributed by atoms with Gasteiger partial charge in [0.05, 0.1) is 10.6 Å². The SMILES string of the molecule is Cc1ccc(N(C)S(=O)(=O)c2cccc(C(=O)N(C(C)C)C3CC3)c2)cc1. The fourth-order valence-electron chi connectivity index (χ4n) is 3.16. The van der Waals surface area contributed by atoms with Crippen molar-refractivity contribution in [2.24, 2.45) is 0 Å². The van der Waals surface area contributed by atoms with E-state index >= 15 is 0 Å². The Morgan fingerprint density at radius 2 is 1.70 bits per heavy atom. The molecule has 0 aliphatic heterocycles. The van der Waals surface area contributed by atoms with Crippen molar-refractivity contribution in [2.45, 2.75) is 50.6 Å². The Morgan fingerprint density at radius 1 is 1.07 bits per heavy atom. The van der Waals surface area contributed by atoms with E-state index < -0.39 is 10.0 Å². The number of hydrogen-bond donors (Lipinski definition) is 0. The fraction of sp³-hybridized carbons (Fsp3) is 0.381. The summed E-state index contributed by atoms with van der Waals surface area (Å²) < 4.78 is 27.3. The third kappa shape index (κ3) is 4.00. The summed E-state index contributed by atoms with van der Waals surface area (Å²) in [5.41, 5.74) is 2.05. The number of hydrogen-bond acceptors (Lipinski definition) is 3. The monoisotopic (exact) mass is 386 g/mol. The van der Waals surface area contributed by atoms with E-state index in [2.05, 4.69) is 0 Å². The van der Waals surface area contributed by atoms with Crippen LogP contribution in [-0.2, 0) is 10.0 Å². The predicted molar refractivity (Wildman–Crippen MR) is 108 cm³/mol. The maximum absolute atomic E-state index is 13.0. The molecule has 0 aromatic heterocycles. The lowest BCUT2D eigenvalue weighted by Crippen LogP contribution is -2.38. The molecule has 0 heterocycles. The highest BCUT2D eigenvalue weighted by molar-refractivity contribution is 7.92. The van der Waals surface area contributed by atoms with Gasteiger partial charge in [0, 0.05) is 24.7 Å². The molecule has 0 unspecified atom stereocenters. The molecule has 2 aromatic carbocycles. The second-order valence-electron chi connectivity index (χ2n) is 7.37. The van der Waals surface area contributed by atoms with Gasteiger partial charge in [0.1, 0.15) is 0 Å². The van der Waals surface area contributed by atoms with Crippen LogP contribution in [0, 0.1) is 6.92 Å². The second-order valence-corrected chi connectivity index (χ2v) is 9.34. The summed E-state index contributed by atoms with van der Waals surface area (Å²) in [7, 11) is -2.22. The molecule has 1 saturated carbocycles. The Hall–Kier alpha value is -2.34. The summed E-state index contributed by atoms with van der Waals surface area (Å²) in [5, 5.41) is 0. The summed E-state index contributed by atoms with van der Waals surface area (Å²) in [6.07, 6.45) is 2.02. The van der Waals surface area contributed by atoms with Crippen LogP contribution in [0.25, 0.3) is 0 Å². The van der Waals surface area contributed by atoms with Gasteiger partial charge < -0.3 is 4.90 Å². The van der Waals surface area contributed by atoms with Gasteiger partial charge in [-0.1, -0.05) is 23.8 Å². The van der Waals surface area contributed by atoms with Crippen LogP contribution in [0.15, 0.2) is 53.4 Å². The van der Waals surface area contributed by atoms with Crippen molar-refractivity contribution >= 4 is 21.6 Å². The number of anilines is 1. The fourth-order valence-corrected chi connectivity index (χ4v) is 4.41. The Morgan fingerprint density at radius 3 is 2.26 bits per heavy atom. The van der Waals surface area contributed by atoms with Gasteiger partial charge in [-0.05, 0) is 63.9 Å². The summed E-state index contributed by atoms with van der Waals surface area (Å²) in [6.45, 7) is 5.93. The molecule has 0 atom stereocenters. The van der Waals surface area contributed by atoms with Crippen molar-refractivity contribution in [3.63, 3.8) is 0 Å². The second kappa shape index (κ2) is 7.35. The van der Waals surface area contributed by atoms with Gasteiger partial charge in [0.25, 0.3) is 15.9 Å².